The van der Waals surface area contributed by atoms with E-state index in [9.17, 15) is 4.79 Å². The van der Waals surface area contributed by atoms with Gasteiger partial charge in [-0.25, -0.2) is 0 Å². The molecule has 4 nitrogen and oxygen atoms in total. The molecule has 2 rings (SSSR count). The lowest BCUT2D eigenvalue weighted by Crippen LogP contribution is -2.39. The fraction of sp³-hybridized carbons (Fsp3) is 0.533. The Balaban J connectivity index is 2.01. The highest BCUT2D eigenvalue weighted by molar-refractivity contribution is 5.94. The minimum Gasteiger partial charge on any atom is -0.339 e. The quantitative estimate of drug-likeness (QED) is 0.649. The molecule has 0 aromatic heterocycles. The maximum Gasteiger partial charge on any atom is 0.253 e. The Morgan fingerprint density at radius 1 is 1.21 bits per heavy atom. The zero-order valence-corrected chi connectivity index (χ0v) is 11.7. The van der Waals surface area contributed by atoms with Crippen molar-refractivity contribution in [3.8, 4) is 0 Å². The summed E-state index contributed by atoms with van der Waals surface area (Å²) in [5.74, 6) is 6.22. The molecule has 0 radical (unpaired) electrons. The number of carbonyl (C=O) groups excluding carboxylic acids is 1. The second-order valence-corrected chi connectivity index (χ2v) is 5.55. The first-order chi connectivity index (χ1) is 9.11. The molecule has 0 saturated heterocycles. The van der Waals surface area contributed by atoms with E-state index in [-0.39, 0.29) is 5.91 Å². The number of benzene rings is 1. The summed E-state index contributed by atoms with van der Waals surface area (Å²) in [6.07, 6.45) is 4.67. The van der Waals surface area contributed by atoms with Crippen LogP contribution < -0.4 is 11.3 Å². The van der Waals surface area contributed by atoms with Gasteiger partial charge >= 0.3 is 0 Å². The van der Waals surface area contributed by atoms with Crippen LogP contribution in [-0.4, -0.2) is 23.9 Å². The number of nitrogens with two attached hydrogens (primary N) is 1. The summed E-state index contributed by atoms with van der Waals surface area (Å²) in [5, 5.41) is 0. The van der Waals surface area contributed by atoms with Crippen molar-refractivity contribution in [2.24, 2.45) is 11.8 Å². The Bertz CT molecular complexity index is 422. The Morgan fingerprint density at radius 2 is 1.79 bits per heavy atom. The number of nitrogens with zero attached hydrogens (tertiary/aromatic N) is 1. The van der Waals surface area contributed by atoms with Gasteiger partial charge in [-0.05, 0) is 55.9 Å². The summed E-state index contributed by atoms with van der Waals surface area (Å²) >= 11 is 0. The van der Waals surface area contributed by atoms with Crippen LogP contribution in [0.25, 0.3) is 0 Å². The minimum atomic E-state index is 0.100. The number of anilines is 1. The van der Waals surface area contributed by atoms with Crippen LogP contribution in [-0.2, 0) is 0 Å². The van der Waals surface area contributed by atoms with E-state index in [1.165, 1.54) is 12.8 Å². The average Bonchev–Trinajstić information content (AvgIpc) is 2.46. The monoisotopic (exact) mass is 261 g/mol. The van der Waals surface area contributed by atoms with Crippen molar-refractivity contribution in [2.45, 2.75) is 38.6 Å². The first-order valence-electron chi connectivity index (χ1n) is 6.95. The van der Waals surface area contributed by atoms with Crippen LogP contribution in [0.4, 0.5) is 5.69 Å². The van der Waals surface area contributed by atoms with Crippen LogP contribution in [0, 0.1) is 5.92 Å². The number of hydrogen-bond donors (Lipinski definition) is 2. The molecule has 0 spiro atoms. The number of hydrogen-bond acceptors (Lipinski definition) is 3. The molecule has 4 heteroatoms. The summed E-state index contributed by atoms with van der Waals surface area (Å²) < 4.78 is 0. The molecule has 0 aliphatic heterocycles. The molecule has 1 fully saturated rings. The van der Waals surface area contributed by atoms with Crippen molar-refractivity contribution >= 4 is 11.6 Å². The molecule has 104 valence electrons. The third kappa shape index (κ3) is 3.26. The van der Waals surface area contributed by atoms with E-state index < -0.39 is 0 Å². The predicted molar refractivity (Wildman–Crippen MR) is 77.8 cm³/mol. The lowest BCUT2D eigenvalue weighted by atomic mass is 9.86. The largest absolute Gasteiger partial charge is 0.339 e. The van der Waals surface area contributed by atoms with Crippen LogP contribution in [0.15, 0.2) is 24.3 Å². The molecule has 1 aliphatic carbocycles. The van der Waals surface area contributed by atoms with E-state index in [1.807, 2.05) is 36.2 Å². The summed E-state index contributed by atoms with van der Waals surface area (Å²) in [6, 6.07) is 7.67. The molecule has 1 saturated carbocycles. The van der Waals surface area contributed by atoms with Crippen LogP contribution in [0.1, 0.15) is 43.0 Å². The molecule has 1 aliphatic rings. The number of amides is 1. The normalized spacial score (nSPS) is 22.9. The van der Waals surface area contributed by atoms with Crippen molar-refractivity contribution in [1.82, 2.24) is 4.90 Å². The van der Waals surface area contributed by atoms with E-state index in [0.717, 1.165) is 30.0 Å². The average molecular weight is 261 g/mol. The zero-order chi connectivity index (χ0) is 13.8. The molecule has 0 atom stereocenters. The maximum atomic E-state index is 12.4. The Kier molecular flexibility index (Phi) is 4.43. The van der Waals surface area contributed by atoms with E-state index in [2.05, 4.69) is 12.3 Å². The van der Waals surface area contributed by atoms with Crippen LogP contribution in [0.2, 0.25) is 0 Å². The standard InChI is InChI=1S/C15H23N3O/c1-11-3-9-14(10-4-11)18(2)15(19)12-5-7-13(17-16)8-6-12/h5-8,11,14,17H,3-4,9-10,16H2,1-2H3. The van der Waals surface area contributed by atoms with Gasteiger partial charge in [0.05, 0.1) is 0 Å². The van der Waals surface area contributed by atoms with Gasteiger partial charge in [-0.1, -0.05) is 6.92 Å². The fourth-order valence-corrected chi connectivity index (χ4v) is 2.71. The highest BCUT2D eigenvalue weighted by Gasteiger charge is 2.25. The summed E-state index contributed by atoms with van der Waals surface area (Å²) in [7, 11) is 1.91. The van der Waals surface area contributed by atoms with Crippen molar-refractivity contribution < 1.29 is 4.79 Å². The smallest absolute Gasteiger partial charge is 0.253 e. The molecular weight excluding hydrogens is 238 g/mol. The topological polar surface area (TPSA) is 58.4 Å². The van der Waals surface area contributed by atoms with Gasteiger partial charge in [-0.2, -0.15) is 0 Å². The van der Waals surface area contributed by atoms with Gasteiger partial charge < -0.3 is 10.3 Å². The predicted octanol–water partition coefficient (Wildman–Crippen LogP) is 2.62. The van der Waals surface area contributed by atoms with Crippen molar-refractivity contribution in [2.75, 3.05) is 12.5 Å². The molecule has 1 amide bonds. The SMILES string of the molecule is CC1CCC(N(C)C(=O)c2ccc(NN)cc2)CC1. The fourth-order valence-electron chi connectivity index (χ4n) is 2.71. The van der Waals surface area contributed by atoms with Crippen molar-refractivity contribution in [1.29, 1.82) is 0 Å². The maximum absolute atomic E-state index is 12.4. The van der Waals surface area contributed by atoms with E-state index in [0.29, 0.717) is 6.04 Å². The Labute approximate surface area is 114 Å². The number of rotatable bonds is 3. The number of carbonyl (C=O) groups is 1. The number of nitrogens with one attached hydrogen (secondary N) is 1. The molecular formula is C15H23N3O. The lowest BCUT2D eigenvalue weighted by molar-refractivity contribution is 0.0679. The van der Waals surface area contributed by atoms with Crippen LogP contribution in [0.3, 0.4) is 0 Å². The second kappa shape index (κ2) is 6.06. The van der Waals surface area contributed by atoms with E-state index in [4.69, 9.17) is 5.84 Å². The van der Waals surface area contributed by atoms with Gasteiger partial charge in [-0.15, -0.1) is 0 Å². The Morgan fingerprint density at radius 3 is 2.32 bits per heavy atom. The van der Waals surface area contributed by atoms with Crippen LogP contribution in [0.5, 0.6) is 0 Å². The van der Waals surface area contributed by atoms with Gasteiger partial charge in [-0.3, -0.25) is 10.6 Å². The molecule has 0 heterocycles. The molecule has 1 aromatic carbocycles. The second-order valence-electron chi connectivity index (χ2n) is 5.55. The number of hydrazine groups is 1. The molecule has 1 aromatic rings. The van der Waals surface area contributed by atoms with Crippen LogP contribution >= 0.6 is 0 Å². The van der Waals surface area contributed by atoms with E-state index in [1.54, 1.807) is 0 Å². The molecule has 0 unspecified atom stereocenters. The van der Waals surface area contributed by atoms with Gasteiger partial charge in [0.2, 0.25) is 0 Å². The minimum absolute atomic E-state index is 0.100. The number of nitrogen functional groups attached to an aromatic ring is 1. The van der Waals surface area contributed by atoms with Gasteiger partial charge in [0, 0.05) is 24.3 Å². The summed E-state index contributed by atoms with van der Waals surface area (Å²) in [5.41, 5.74) is 4.10. The van der Waals surface area contributed by atoms with Gasteiger partial charge in [0.1, 0.15) is 0 Å². The summed E-state index contributed by atoms with van der Waals surface area (Å²) in [6.45, 7) is 2.29. The van der Waals surface area contributed by atoms with Crippen molar-refractivity contribution in [3.63, 3.8) is 0 Å². The molecule has 3 N–H and O–H groups in total. The first kappa shape index (κ1) is 13.9. The Hall–Kier alpha value is -1.55. The zero-order valence-electron chi connectivity index (χ0n) is 11.7. The van der Waals surface area contributed by atoms with Crippen molar-refractivity contribution in [3.05, 3.63) is 29.8 Å². The highest BCUT2D eigenvalue weighted by atomic mass is 16.2. The molecule has 0 bridgehead atoms. The van der Waals surface area contributed by atoms with Gasteiger partial charge in [0.15, 0.2) is 0 Å². The van der Waals surface area contributed by atoms with E-state index >= 15 is 0 Å². The summed E-state index contributed by atoms with van der Waals surface area (Å²) in [4.78, 5) is 14.3. The first-order valence-corrected chi connectivity index (χ1v) is 6.95. The highest BCUT2D eigenvalue weighted by Crippen LogP contribution is 2.27. The van der Waals surface area contributed by atoms with Gasteiger partial charge in [0.25, 0.3) is 5.91 Å². The molecule has 19 heavy (non-hydrogen) atoms. The third-order valence-corrected chi connectivity index (χ3v) is 4.15. The lowest BCUT2D eigenvalue weighted by Gasteiger charge is -2.33. The third-order valence-electron chi connectivity index (χ3n) is 4.15.